The van der Waals surface area contributed by atoms with Gasteiger partial charge in [-0.1, -0.05) is 0 Å². The third kappa shape index (κ3) is 7.09. The molecule has 0 unspecified atom stereocenters. The number of hydrogen-bond acceptors (Lipinski definition) is 7. The molecule has 0 bridgehead atoms. The van der Waals surface area contributed by atoms with Crippen molar-refractivity contribution in [3.8, 4) is 23.0 Å². The Morgan fingerprint density at radius 2 is 1.23 bits per heavy atom. The molecule has 0 aromatic heterocycles. The molecule has 8 nitrogen and oxygen atoms in total. The Kier molecular flexibility index (Phi) is 9.48. The van der Waals surface area contributed by atoms with Gasteiger partial charge in [-0.25, -0.2) is 4.79 Å². The second kappa shape index (κ2) is 12.3. The van der Waals surface area contributed by atoms with Crippen molar-refractivity contribution in [2.45, 2.75) is 27.7 Å². The molecule has 8 heteroatoms. The Morgan fingerprint density at radius 1 is 0.710 bits per heavy atom. The summed E-state index contributed by atoms with van der Waals surface area (Å²) in [4.78, 5) is 24.6. The number of amides is 1. The highest BCUT2D eigenvalue weighted by Gasteiger charge is 2.15. The van der Waals surface area contributed by atoms with Gasteiger partial charge in [0.05, 0.1) is 32.0 Å². The Morgan fingerprint density at radius 3 is 1.81 bits per heavy atom. The number of ether oxygens (including phenoxy) is 5. The molecule has 31 heavy (non-hydrogen) atoms. The van der Waals surface area contributed by atoms with Crippen molar-refractivity contribution in [2.75, 3.05) is 38.4 Å². The van der Waals surface area contributed by atoms with Crippen molar-refractivity contribution in [3.63, 3.8) is 0 Å². The summed E-state index contributed by atoms with van der Waals surface area (Å²) in [5.41, 5.74) is 0.770. The molecule has 2 aromatic rings. The lowest BCUT2D eigenvalue weighted by Crippen LogP contribution is -2.21. The molecule has 0 heterocycles. The van der Waals surface area contributed by atoms with E-state index in [2.05, 4.69) is 5.32 Å². The Hall–Kier alpha value is -3.42. The van der Waals surface area contributed by atoms with E-state index in [0.717, 1.165) is 0 Å². The van der Waals surface area contributed by atoms with Crippen LogP contribution in [-0.2, 0) is 9.53 Å². The number of rotatable bonds is 12. The molecule has 0 radical (unpaired) electrons. The van der Waals surface area contributed by atoms with E-state index in [0.29, 0.717) is 55.1 Å². The topological polar surface area (TPSA) is 92.3 Å². The van der Waals surface area contributed by atoms with Crippen LogP contribution >= 0.6 is 0 Å². The third-order valence-electron chi connectivity index (χ3n) is 3.94. The van der Waals surface area contributed by atoms with Crippen LogP contribution in [0.4, 0.5) is 5.69 Å². The fourth-order valence-corrected chi connectivity index (χ4v) is 2.72. The SMILES string of the molecule is CCOc1ccc(NC(=O)COC(=O)c2ccc(OCC)c(OCC)c2)cc1OCC. The quantitative estimate of drug-likeness (QED) is 0.506. The minimum atomic E-state index is -0.638. The first-order valence-corrected chi connectivity index (χ1v) is 10.3. The molecule has 1 N–H and O–H groups in total. The van der Waals surface area contributed by atoms with Gasteiger partial charge >= 0.3 is 5.97 Å². The molecule has 168 valence electrons. The summed E-state index contributed by atoms with van der Waals surface area (Å²) in [6.07, 6.45) is 0. The van der Waals surface area contributed by atoms with Gasteiger partial charge in [0.1, 0.15) is 0 Å². The van der Waals surface area contributed by atoms with Gasteiger partial charge in [-0.05, 0) is 58.0 Å². The van der Waals surface area contributed by atoms with Gasteiger partial charge in [0, 0.05) is 11.8 Å². The predicted octanol–water partition coefficient (Wildman–Crippen LogP) is 4.08. The molecule has 2 rings (SSSR count). The van der Waals surface area contributed by atoms with Crippen molar-refractivity contribution >= 4 is 17.6 Å². The van der Waals surface area contributed by atoms with Crippen LogP contribution in [0.1, 0.15) is 38.1 Å². The van der Waals surface area contributed by atoms with Crippen LogP contribution in [0.2, 0.25) is 0 Å². The second-order valence-electron chi connectivity index (χ2n) is 6.18. The van der Waals surface area contributed by atoms with Gasteiger partial charge in [-0.2, -0.15) is 0 Å². The zero-order valence-electron chi connectivity index (χ0n) is 18.4. The number of carbonyl (C=O) groups is 2. The highest BCUT2D eigenvalue weighted by atomic mass is 16.5. The zero-order chi connectivity index (χ0) is 22.6. The predicted molar refractivity (Wildman–Crippen MR) is 116 cm³/mol. The summed E-state index contributed by atoms with van der Waals surface area (Å²) in [5.74, 6) is 0.989. The van der Waals surface area contributed by atoms with E-state index < -0.39 is 18.5 Å². The highest BCUT2D eigenvalue weighted by Crippen LogP contribution is 2.31. The van der Waals surface area contributed by atoms with Gasteiger partial charge in [0.15, 0.2) is 29.6 Å². The molecule has 0 spiro atoms. The fraction of sp³-hybridized carbons (Fsp3) is 0.391. The molecule has 0 aliphatic carbocycles. The third-order valence-corrected chi connectivity index (χ3v) is 3.94. The number of hydrogen-bond donors (Lipinski definition) is 1. The van der Waals surface area contributed by atoms with Gasteiger partial charge < -0.3 is 29.0 Å². The molecular weight excluding hydrogens is 402 g/mol. The maximum atomic E-state index is 12.3. The largest absolute Gasteiger partial charge is 0.490 e. The zero-order valence-corrected chi connectivity index (χ0v) is 18.4. The summed E-state index contributed by atoms with van der Waals surface area (Å²) in [6, 6.07) is 9.80. The average molecular weight is 431 g/mol. The van der Waals surface area contributed by atoms with Crippen LogP contribution in [-0.4, -0.2) is 44.9 Å². The van der Waals surface area contributed by atoms with E-state index in [1.54, 1.807) is 30.3 Å². The van der Waals surface area contributed by atoms with Gasteiger partial charge in [0.25, 0.3) is 5.91 Å². The second-order valence-corrected chi connectivity index (χ2v) is 6.18. The number of carbonyl (C=O) groups excluding carboxylic acids is 2. The summed E-state index contributed by atoms with van der Waals surface area (Å²) in [5, 5.41) is 2.68. The maximum absolute atomic E-state index is 12.3. The first-order chi connectivity index (χ1) is 15.0. The normalized spacial score (nSPS) is 10.2. The summed E-state index contributed by atoms with van der Waals surface area (Å²) < 4.78 is 27.2. The van der Waals surface area contributed by atoms with Crippen molar-refractivity contribution < 1.29 is 33.3 Å². The summed E-state index contributed by atoms with van der Waals surface area (Å²) in [6.45, 7) is 8.85. The molecule has 2 aromatic carbocycles. The monoisotopic (exact) mass is 431 g/mol. The van der Waals surface area contributed by atoms with E-state index in [1.165, 1.54) is 6.07 Å². The van der Waals surface area contributed by atoms with Gasteiger partial charge in [0.2, 0.25) is 0 Å². The molecule has 0 atom stereocenters. The van der Waals surface area contributed by atoms with Gasteiger partial charge in [-0.15, -0.1) is 0 Å². The van der Waals surface area contributed by atoms with E-state index >= 15 is 0 Å². The Bertz CT molecular complexity index is 882. The number of esters is 1. The Balaban J connectivity index is 1.98. The average Bonchev–Trinajstić information content (AvgIpc) is 2.75. The molecule has 0 saturated heterocycles. The number of nitrogens with one attached hydrogen (secondary N) is 1. The van der Waals surface area contributed by atoms with Crippen molar-refractivity contribution in [1.82, 2.24) is 0 Å². The van der Waals surface area contributed by atoms with Crippen molar-refractivity contribution in [2.24, 2.45) is 0 Å². The molecule has 0 saturated carbocycles. The van der Waals surface area contributed by atoms with Crippen LogP contribution in [0.3, 0.4) is 0 Å². The number of benzene rings is 2. The minimum absolute atomic E-state index is 0.263. The molecular formula is C23H29NO7. The highest BCUT2D eigenvalue weighted by molar-refractivity contribution is 5.96. The van der Waals surface area contributed by atoms with Crippen LogP contribution in [0, 0.1) is 0 Å². The van der Waals surface area contributed by atoms with Crippen molar-refractivity contribution in [3.05, 3.63) is 42.0 Å². The van der Waals surface area contributed by atoms with Crippen molar-refractivity contribution in [1.29, 1.82) is 0 Å². The summed E-state index contributed by atoms with van der Waals surface area (Å²) >= 11 is 0. The van der Waals surface area contributed by atoms with Crippen LogP contribution < -0.4 is 24.3 Å². The smallest absolute Gasteiger partial charge is 0.338 e. The molecule has 0 aliphatic heterocycles. The van der Waals surface area contributed by atoms with E-state index in [4.69, 9.17) is 23.7 Å². The van der Waals surface area contributed by atoms with E-state index in [1.807, 2.05) is 27.7 Å². The van der Waals surface area contributed by atoms with Crippen LogP contribution in [0.5, 0.6) is 23.0 Å². The lowest BCUT2D eigenvalue weighted by molar-refractivity contribution is -0.119. The minimum Gasteiger partial charge on any atom is -0.490 e. The fourth-order valence-electron chi connectivity index (χ4n) is 2.72. The maximum Gasteiger partial charge on any atom is 0.338 e. The van der Waals surface area contributed by atoms with E-state index in [9.17, 15) is 9.59 Å². The molecule has 0 fully saturated rings. The summed E-state index contributed by atoms with van der Waals surface area (Å²) in [7, 11) is 0. The van der Waals surface area contributed by atoms with Crippen LogP contribution in [0.25, 0.3) is 0 Å². The Labute approximate surface area is 182 Å². The first-order valence-electron chi connectivity index (χ1n) is 10.3. The van der Waals surface area contributed by atoms with E-state index in [-0.39, 0.29) is 5.56 Å². The standard InChI is InChI=1S/C23H29NO7/c1-5-27-18-11-9-16(13-20(18)29-7-3)23(26)31-15-22(25)24-17-10-12-19(28-6-2)21(14-17)30-8-4/h9-14H,5-8,15H2,1-4H3,(H,24,25). The molecule has 0 aliphatic rings. The van der Waals surface area contributed by atoms with Gasteiger partial charge in [-0.3, -0.25) is 4.79 Å². The van der Waals surface area contributed by atoms with Crippen LogP contribution in [0.15, 0.2) is 36.4 Å². The lowest BCUT2D eigenvalue weighted by Gasteiger charge is -2.13. The lowest BCUT2D eigenvalue weighted by atomic mass is 10.2. The molecule has 1 amide bonds. The number of anilines is 1. The first kappa shape index (κ1) is 23.9.